The summed E-state index contributed by atoms with van der Waals surface area (Å²) in [6, 6.07) is 5.56. The maximum Gasteiger partial charge on any atom is 0.410 e. The highest BCUT2D eigenvalue weighted by Gasteiger charge is 2.31. The van der Waals surface area contributed by atoms with Gasteiger partial charge < -0.3 is 24.5 Å². The summed E-state index contributed by atoms with van der Waals surface area (Å²) in [4.78, 5) is 27.3. The molecule has 4 rings (SSSR count). The van der Waals surface area contributed by atoms with E-state index in [0.717, 1.165) is 29.7 Å². The number of nitrogens with zero attached hydrogens (tertiary/aromatic N) is 2. The second kappa shape index (κ2) is 10.0. The van der Waals surface area contributed by atoms with Crippen LogP contribution in [0.4, 0.5) is 9.80 Å². The Morgan fingerprint density at radius 1 is 1.44 bits per heavy atom. The minimum atomic E-state index is -0.368. The normalized spacial score (nSPS) is 20.2. The minimum Gasteiger partial charge on any atom is -0.465 e. The Kier molecular flexibility index (Phi) is 6.93. The Hall–Kier alpha value is -3.09. The number of hydrogen-bond acceptors (Lipinski definition) is 7. The van der Waals surface area contributed by atoms with Gasteiger partial charge in [0.05, 0.1) is 31.1 Å². The highest BCUT2D eigenvalue weighted by atomic mass is 32.1. The van der Waals surface area contributed by atoms with Gasteiger partial charge in [-0.05, 0) is 61.8 Å². The number of aliphatic hydroxyl groups is 1. The summed E-state index contributed by atoms with van der Waals surface area (Å²) >= 11 is 1.41. The van der Waals surface area contributed by atoms with E-state index in [0.29, 0.717) is 42.3 Å². The number of thiophene rings is 1. The Morgan fingerprint density at radius 2 is 2.31 bits per heavy atom. The topological polar surface area (TPSA) is 116 Å². The van der Waals surface area contributed by atoms with Gasteiger partial charge in [-0.2, -0.15) is 5.26 Å². The molecule has 2 unspecified atom stereocenters. The van der Waals surface area contributed by atoms with Gasteiger partial charge in [0.25, 0.3) is 0 Å². The molecule has 32 heavy (non-hydrogen) atoms. The van der Waals surface area contributed by atoms with Crippen molar-refractivity contribution < 1.29 is 23.8 Å². The summed E-state index contributed by atoms with van der Waals surface area (Å²) in [6.07, 6.45) is 8.00. The molecule has 0 spiro atoms. The number of likely N-dealkylation sites (tertiary alicyclic amines) is 1. The van der Waals surface area contributed by atoms with Crippen molar-refractivity contribution >= 4 is 34.4 Å². The van der Waals surface area contributed by atoms with Crippen LogP contribution in [0.5, 0.6) is 0 Å². The number of ether oxygens (including phenoxy) is 1. The van der Waals surface area contributed by atoms with E-state index >= 15 is 0 Å². The van der Waals surface area contributed by atoms with Crippen LogP contribution in [-0.2, 0) is 22.4 Å². The third-order valence-electron chi connectivity index (χ3n) is 5.92. The number of aliphatic hydroxyl groups excluding tert-OH is 1. The fourth-order valence-corrected chi connectivity index (χ4v) is 5.55. The molecule has 1 fully saturated rings. The zero-order valence-electron chi connectivity index (χ0n) is 17.6. The average molecular weight is 456 g/mol. The molecule has 0 radical (unpaired) electrons. The lowest BCUT2D eigenvalue weighted by molar-refractivity contribution is -0.111. The van der Waals surface area contributed by atoms with Crippen molar-refractivity contribution in [2.75, 3.05) is 25.1 Å². The van der Waals surface area contributed by atoms with E-state index in [1.54, 1.807) is 23.1 Å². The molecule has 0 aromatic carbocycles. The number of fused-ring (bicyclic) bond motifs is 1. The summed E-state index contributed by atoms with van der Waals surface area (Å²) < 4.78 is 10.7. The van der Waals surface area contributed by atoms with Crippen LogP contribution in [0.15, 0.2) is 28.9 Å². The maximum absolute atomic E-state index is 12.4. The molecule has 2 aromatic rings. The van der Waals surface area contributed by atoms with E-state index in [2.05, 4.69) is 11.4 Å². The van der Waals surface area contributed by atoms with Crippen LogP contribution in [0.2, 0.25) is 0 Å². The molecule has 0 bridgehead atoms. The second-order valence-corrected chi connectivity index (χ2v) is 9.12. The Bertz CT molecular complexity index is 1040. The predicted molar refractivity (Wildman–Crippen MR) is 119 cm³/mol. The molecule has 2 N–H and O–H groups in total. The standard InChI is InChI=1S/C23H25N3O5S/c24-12-19-18-7-5-15(14-31-23(29)26-9-1-3-16(26)13-27)11-20(18)32-22(19)25-21(28)8-6-17-4-2-10-30-17/h2,4,6,8,10,15-16,27H,1,3,5,7,9,11,13-14H2,(H,25,28). The van der Waals surface area contributed by atoms with E-state index < -0.39 is 0 Å². The van der Waals surface area contributed by atoms with Crippen LogP contribution in [0.25, 0.3) is 6.08 Å². The molecule has 2 aromatic heterocycles. The fourth-order valence-electron chi connectivity index (χ4n) is 4.24. The van der Waals surface area contributed by atoms with Crippen molar-refractivity contribution in [2.24, 2.45) is 5.92 Å². The molecule has 168 valence electrons. The quantitative estimate of drug-likeness (QED) is 0.644. The van der Waals surface area contributed by atoms with Crippen LogP contribution >= 0.6 is 11.3 Å². The van der Waals surface area contributed by atoms with E-state index in [4.69, 9.17) is 9.15 Å². The van der Waals surface area contributed by atoms with Gasteiger partial charge in [0.15, 0.2) is 0 Å². The number of rotatable bonds is 6. The SMILES string of the molecule is N#Cc1c(NC(=O)C=Cc2ccco2)sc2c1CCC(COC(=O)N1CCCC1CO)C2. The van der Waals surface area contributed by atoms with E-state index in [1.807, 2.05) is 0 Å². The lowest BCUT2D eigenvalue weighted by atomic mass is 9.88. The second-order valence-electron chi connectivity index (χ2n) is 8.02. The first-order valence-electron chi connectivity index (χ1n) is 10.7. The van der Waals surface area contributed by atoms with Gasteiger partial charge in [0.2, 0.25) is 5.91 Å². The molecule has 0 saturated carbocycles. The Morgan fingerprint density at radius 3 is 3.06 bits per heavy atom. The number of amides is 2. The van der Waals surface area contributed by atoms with Gasteiger partial charge in [-0.15, -0.1) is 11.3 Å². The number of carbonyl (C=O) groups is 2. The monoisotopic (exact) mass is 455 g/mol. The lowest BCUT2D eigenvalue weighted by Gasteiger charge is -2.25. The molecule has 1 aliphatic carbocycles. The van der Waals surface area contributed by atoms with Crippen molar-refractivity contribution in [3.63, 3.8) is 0 Å². The van der Waals surface area contributed by atoms with Gasteiger partial charge >= 0.3 is 6.09 Å². The van der Waals surface area contributed by atoms with Gasteiger partial charge in [-0.1, -0.05) is 0 Å². The van der Waals surface area contributed by atoms with Crippen LogP contribution in [0, 0.1) is 17.2 Å². The van der Waals surface area contributed by atoms with Crippen LogP contribution in [0.3, 0.4) is 0 Å². The zero-order chi connectivity index (χ0) is 22.5. The first-order valence-corrected chi connectivity index (χ1v) is 11.5. The molecule has 2 atom stereocenters. The largest absolute Gasteiger partial charge is 0.465 e. The summed E-state index contributed by atoms with van der Waals surface area (Å²) in [5, 5.41) is 22.4. The highest BCUT2D eigenvalue weighted by Crippen LogP contribution is 2.39. The third kappa shape index (κ3) is 4.87. The maximum atomic E-state index is 12.4. The molecule has 2 aliphatic rings. The molecule has 3 heterocycles. The number of furan rings is 1. The van der Waals surface area contributed by atoms with Crippen LogP contribution in [0.1, 0.15) is 41.0 Å². The molecular weight excluding hydrogens is 430 g/mol. The van der Waals surface area contributed by atoms with Gasteiger partial charge in [-0.3, -0.25) is 4.79 Å². The summed E-state index contributed by atoms with van der Waals surface area (Å²) in [7, 11) is 0. The van der Waals surface area contributed by atoms with E-state index in [-0.39, 0.29) is 30.6 Å². The van der Waals surface area contributed by atoms with Gasteiger partial charge in [0.1, 0.15) is 16.8 Å². The van der Waals surface area contributed by atoms with Crippen LogP contribution in [-0.4, -0.2) is 47.8 Å². The fraction of sp³-hybridized carbons (Fsp3) is 0.435. The summed E-state index contributed by atoms with van der Waals surface area (Å²) in [6.45, 7) is 0.881. The van der Waals surface area contributed by atoms with Crippen LogP contribution < -0.4 is 5.32 Å². The van der Waals surface area contributed by atoms with E-state index in [1.165, 1.54) is 23.7 Å². The molecule has 8 nitrogen and oxygen atoms in total. The number of nitrogens with one attached hydrogen (secondary N) is 1. The number of nitriles is 1. The predicted octanol–water partition coefficient (Wildman–Crippen LogP) is 3.56. The van der Waals surface area contributed by atoms with E-state index in [9.17, 15) is 20.0 Å². The number of hydrogen-bond donors (Lipinski definition) is 2. The molecule has 9 heteroatoms. The van der Waals surface area contributed by atoms with Gasteiger partial charge in [-0.25, -0.2) is 4.79 Å². The third-order valence-corrected chi connectivity index (χ3v) is 7.09. The van der Waals surface area contributed by atoms with Crippen molar-refractivity contribution in [3.05, 3.63) is 46.2 Å². The summed E-state index contributed by atoms with van der Waals surface area (Å²) in [5.74, 6) is 0.406. The highest BCUT2D eigenvalue weighted by molar-refractivity contribution is 7.16. The smallest absolute Gasteiger partial charge is 0.410 e. The van der Waals surface area contributed by atoms with Crippen molar-refractivity contribution in [1.29, 1.82) is 5.26 Å². The van der Waals surface area contributed by atoms with Crippen molar-refractivity contribution in [3.8, 4) is 6.07 Å². The first kappa shape index (κ1) is 22.1. The van der Waals surface area contributed by atoms with Gasteiger partial charge in [0, 0.05) is 17.5 Å². The number of anilines is 1. The molecule has 1 saturated heterocycles. The minimum absolute atomic E-state index is 0.0424. The van der Waals surface area contributed by atoms with Crippen molar-refractivity contribution in [1.82, 2.24) is 4.90 Å². The average Bonchev–Trinajstić information content (AvgIpc) is 3.55. The molecule has 2 amide bonds. The lowest BCUT2D eigenvalue weighted by Crippen LogP contribution is -2.38. The number of carbonyl (C=O) groups excluding carboxylic acids is 2. The Labute approximate surface area is 190 Å². The van der Waals surface area contributed by atoms with Crippen molar-refractivity contribution in [2.45, 2.75) is 38.1 Å². The Balaban J connectivity index is 1.36. The zero-order valence-corrected chi connectivity index (χ0v) is 18.4. The molecule has 1 aliphatic heterocycles. The summed E-state index contributed by atoms with van der Waals surface area (Å²) in [5.41, 5.74) is 1.49. The first-order chi connectivity index (χ1) is 15.6. The molecular formula is C23H25N3O5S.